The SMILES string of the molecule is C[C@@]12CCC[C@H]1[C@@H]1CC(Cl)C3(Cl)CCCC[C@]3(C)[C@H]1CC2. The molecule has 0 aromatic heterocycles. The maximum absolute atomic E-state index is 7.23. The summed E-state index contributed by atoms with van der Waals surface area (Å²) in [6.07, 6.45) is 13.5. The van der Waals surface area contributed by atoms with Crippen molar-refractivity contribution in [3.8, 4) is 0 Å². The quantitative estimate of drug-likeness (QED) is 0.452. The van der Waals surface area contributed by atoms with E-state index in [2.05, 4.69) is 13.8 Å². The van der Waals surface area contributed by atoms with Gasteiger partial charge in [0.25, 0.3) is 0 Å². The third-order valence-electron chi connectivity index (χ3n) is 8.45. The van der Waals surface area contributed by atoms with Crippen molar-refractivity contribution >= 4 is 23.2 Å². The molecule has 0 aromatic rings. The van der Waals surface area contributed by atoms with Crippen LogP contribution >= 0.6 is 23.2 Å². The van der Waals surface area contributed by atoms with Crippen LogP contribution in [0, 0.1) is 28.6 Å². The Morgan fingerprint density at radius 2 is 1.62 bits per heavy atom. The van der Waals surface area contributed by atoms with Crippen molar-refractivity contribution in [2.45, 2.75) is 88.3 Å². The topological polar surface area (TPSA) is 0 Å². The van der Waals surface area contributed by atoms with E-state index >= 15 is 0 Å². The highest BCUT2D eigenvalue weighted by atomic mass is 35.5. The Morgan fingerprint density at radius 3 is 2.43 bits per heavy atom. The predicted molar refractivity (Wildman–Crippen MR) is 91.1 cm³/mol. The monoisotopic (exact) mass is 328 g/mol. The number of rotatable bonds is 0. The van der Waals surface area contributed by atoms with Crippen LogP contribution in [0.3, 0.4) is 0 Å². The van der Waals surface area contributed by atoms with E-state index in [-0.39, 0.29) is 15.7 Å². The van der Waals surface area contributed by atoms with Gasteiger partial charge in [-0.05, 0) is 73.5 Å². The largest absolute Gasteiger partial charge is 0.121 e. The highest BCUT2D eigenvalue weighted by Gasteiger charge is 2.64. The normalized spacial score (nSPS) is 60.0. The lowest BCUT2D eigenvalue weighted by Gasteiger charge is -2.64. The van der Waals surface area contributed by atoms with Crippen molar-refractivity contribution in [2.24, 2.45) is 28.6 Å². The van der Waals surface area contributed by atoms with Crippen LogP contribution in [0.25, 0.3) is 0 Å². The predicted octanol–water partition coefficient (Wildman–Crippen LogP) is 6.39. The molecule has 7 atom stereocenters. The summed E-state index contributed by atoms with van der Waals surface area (Å²) in [5, 5.41) is 0.189. The second-order valence-electron chi connectivity index (χ2n) is 9.15. The minimum atomic E-state index is -0.125. The zero-order valence-electron chi connectivity index (χ0n) is 13.6. The molecule has 4 saturated carbocycles. The first-order valence-corrected chi connectivity index (χ1v) is 10.1. The van der Waals surface area contributed by atoms with Crippen LogP contribution in [-0.4, -0.2) is 10.3 Å². The Bertz CT molecular complexity index is 435. The van der Waals surface area contributed by atoms with Crippen LogP contribution in [0.5, 0.6) is 0 Å². The molecule has 0 aromatic carbocycles. The van der Waals surface area contributed by atoms with Gasteiger partial charge in [-0.3, -0.25) is 0 Å². The molecule has 120 valence electrons. The van der Waals surface area contributed by atoms with Crippen LogP contribution in [0.1, 0.15) is 78.1 Å². The van der Waals surface area contributed by atoms with Crippen molar-refractivity contribution in [3.63, 3.8) is 0 Å². The average molecular weight is 329 g/mol. The fraction of sp³-hybridized carbons (Fsp3) is 1.00. The molecule has 4 fully saturated rings. The first kappa shape index (κ1) is 15.1. The lowest BCUT2D eigenvalue weighted by molar-refractivity contribution is -0.0897. The third kappa shape index (κ3) is 1.87. The summed E-state index contributed by atoms with van der Waals surface area (Å²) in [6.45, 7) is 5.07. The molecule has 0 nitrogen and oxygen atoms in total. The molecule has 0 saturated heterocycles. The Balaban J connectivity index is 1.72. The van der Waals surface area contributed by atoms with Gasteiger partial charge in [0.2, 0.25) is 0 Å². The van der Waals surface area contributed by atoms with E-state index in [0.29, 0.717) is 5.41 Å². The Morgan fingerprint density at radius 1 is 0.857 bits per heavy atom. The van der Waals surface area contributed by atoms with Crippen LogP contribution < -0.4 is 0 Å². The summed E-state index contributed by atoms with van der Waals surface area (Å²) < 4.78 is 0. The molecular formula is C19H30Cl2. The van der Waals surface area contributed by atoms with Crippen LogP contribution in [0.4, 0.5) is 0 Å². The summed E-state index contributed by atoms with van der Waals surface area (Å²) in [6, 6.07) is 0. The van der Waals surface area contributed by atoms with Crippen LogP contribution in [0.2, 0.25) is 0 Å². The van der Waals surface area contributed by atoms with Gasteiger partial charge in [0.05, 0.1) is 10.3 Å². The fourth-order valence-electron chi connectivity index (χ4n) is 7.20. The van der Waals surface area contributed by atoms with Crippen molar-refractivity contribution in [3.05, 3.63) is 0 Å². The van der Waals surface area contributed by atoms with E-state index in [1.54, 1.807) is 0 Å². The van der Waals surface area contributed by atoms with Crippen molar-refractivity contribution in [1.29, 1.82) is 0 Å². The maximum Gasteiger partial charge on any atom is 0.0666 e. The van der Waals surface area contributed by atoms with Crippen molar-refractivity contribution < 1.29 is 0 Å². The number of hydrogen-bond donors (Lipinski definition) is 0. The second kappa shape index (κ2) is 4.79. The summed E-state index contributed by atoms with van der Waals surface area (Å²) >= 11 is 14.2. The molecule has 2 heteroatoms. The first-order chi connectivity index (χ1) is 9.91. The lowest BCUT2D eigenvalue weighted by Crippen LogP contribution is -2.63. The second-order valence-corrected chi connectivity index (χ2v) is 10.4. The van der Waals surface area contributed by atoms with Crippen molar-refractivity contribution in [1.82, 2.24) is 0 Å². The van der Waals surface area contributed by atoms with Gasteiger partial charge >= 0.3 is 0 Å². The van der Waals surface area contributed by atoms with Gasteiger partial charge in [-0.25, -0.2) is 0 Å². The van der Waals surface area contributed by atoms with E-state index in [4.69, 9.17) is 23.2 Å². The van der Waals surface area contributed by atoms with Crippen molar-refractivity contribution in [2.75, 3.05) is 0 Å². The highest BCUT2D eigenvalue weighted by Crippen LogP contribution is 2.69. The molecule has 0 aliphatic heterocycles. The molecule has 0 bridgehead atoms. The van der Waals surface area contributed by atoms with Gasteiger partial charge in [0.15, 0.2) is 0 Å². The zero-order valence-corrected chi connectivity index (χ0v) is 15.1. The van der Waals surface area contributed by atoms with E-state index in [1.807, 2.05) is 0 Å². The Kier molecular flexibility index (Phi) is 3.45. The summed E-state index contributed by atoms with van der Waals surface area (Å²) in [7, 11) is 0. The molecule has 0 heterocycles. The molecule has 21 heavy (non-hydrogen) atoms. The van der Waals surface area contributed by atoms with E-state index < -0.39 is 0 Å². The summed E-state index contributed by atoms with van der Waals surface area (Å²) in [5.41, 5.74) is 0.904. The van der Waals surface area contributed by atoms with Gasteiger partial charge in [0.1, 0.15) is 0 Å². The average Bonchev–Trinajstić information content (AvgIpc) is 2.83. The first-order valence-electron chi connectivity index (χ1n) is 9.24. The molecule has 0 spiro atoms. The Hall–Kier alpha value is 0.580. The zero-order chi connectivity index (χ0) is 14.9. The Labute approximate surface area is 140 Å². The highest BCUT2D eigenvalue weighted by molar-refractivity contribution is 6.33. The molecule has 4 rings (SSSR count). The minimum Gasteiger partial charge on any atom is -0.121 e. The van der Waals surface area contributed by atoms with Gasteiger partial charge in [-0.1, -0.05) is 33.1 Å². The number of alkyl halides is 2. The maximum atomic E-state index is 7.23. The van der Waals surface area contributed by atoms with Gasteiger partial charge in [-0.2, -0.15) is 0 Å². The molecule has 0 N–H and O–H groups in total. The van der Waals surface area contributed by atoms with E-state index in [0.717, 1.165) is 24.2 Å². The van der Waals surface area contributed by atoms with Gasteiger partial charge in [0, 0.05) is 0 Å². The van der Waals surface area contributed by atoms with Crippen LogP contribution in [-0.2, 0) is 0 Å². The summed E-state index contributed by atoms with van der Waals surface area (Å²) in [4.78, 5) is -0.125. The fourth-order valence-corrected chi connectivity index (χ4v) is 8.22. The summed E-state index contributed by atoms with van der Waals surface area (Å²) in [5.74, 6) is 2.61. The van der Waals surface area contributed by atoms with Crippen LogP contribution in [0.15, 0.2) is 0 Å². The lowest BCUT2D eigenvalue weighted by atomic mass is 9.45. The van der Waals surface area contributed by atoms with Gasteiger partial charge < -0.3 is 0 Å². The molecule has 4 aliphatic carbocycles. The third-order valence-corrected chi connectivity index (χ3v) is 9.99. The number of halogens is 2. The van der Waals surface area contributed by atoms with Gasteiger partial charge in [-0.15, -0.1) is 23.2 Å². The molecular weight excluding hydrogens is 299 g/mol. The van der Waals surface area contributed by atoms with E-state index in [1.165, 1.54) is 57.8 Å². The molecule has 0 amide bonds. The molecule has 0 radical (unpaired) electrons. The molecule has 2 unspecified atom stereocenters. The van der Waals surface area contributed by atoms with E-state index in [9.17, 15) is 0 Å². The standard InChI is InChI=1S/C19H30Cl2/c1-17-8-5-6-14(17)13-12-16(20)19(21)10-4-3-9-18(19,2)15(13)7-11-17/h13-16H,3-12H2,1-2H3/t13-,14-,15-,16?,17-,18+,19?/m0/s1. The smallest absolute Gasteiger partial charge is 0.0666 e. The molecule has 4 aliphatic rings. The number of hydrogen-bond acceptors (Lipinski definition) is 0. The minimum absolute atomic E-state index is 0.125. The number of fused-ring (bicyclic) bond motifs is 5.